The van der Waals surface area contributed by atoms with E-state index < -0.39 is 0 Å². The summed E-state index contributed by atoms with van der Waals surface area (Å²) in [4.78, 5) is 3.06. The van der Waals surface area contributed by atoms with Crippen LogP contribution in [0.4, 0.5) is 5.82 Å². The highest BCUT2D eigenvalue weighted by Gasteiger charge is 1.91. The highest BCUT2D eigenvalue weighted by Crippen LogP contribution is 1.91. The fourth-order valence-corrected chi connectivity index (χ4v) is 0.694. The molecule has 2 heteroatoms. The van der Waals surface area contributed by atoms with Crippen molar-refractivity contribution in [2.75, 3.05) is 11.9 Å². The van der Waals surface area contributed by atoms with Crippen molar-refractivity contribution in [2.24, 2.45) is 0 Å². The number of aromatic amines is 1. The van der Waals surface area contributed by atoms with Gasteiger partial charge in [0.1, 0.15) is 0 Å². The number of nitrogens with one attached hydrogen (secondary N) is 2. The molecule has 0 amide bonds. The van der Waals surface area contributed by atoms with Crippen molar-refractivity contribution >= 4 is 5.82 Å². The van der Waals surface area contributed by atoms with Crippen LogP contribution in [0.1, 0.15) is 6.92 Å². The second kappa shape index (κ2) is 3.07. The monoisotopic (exact) mass is 123 g/mol. The molecule has 0 aliphatic carbocycles. The Bertz CT molecular complexity index is 160. The van der Waals surface area contributed by atoms with Crippen molar-refractivity contribution in [1.82, 2.24) is 0 Å². The molecule has 0 spiro atoms. The molecule has 0 unspecified atom stereocenters. The molecule has 0 aliphatic heterocycles. The minimum absolute atomic E-state index is 0.959. The summed E-state index contributed by atoms with van der Waals surface area (Å²) < 4.78 is 0. The van der Waals surface area contributed by atoms with Crippen LogP contribution >= 0.6 is 0 Å². The maximum Gasteiger partial charge on any atom is 0.272 e. The zero-order valence-corrected chi connectivity index (χ0v) is 5.52. The van der Waals surface area contributed by atoms with Crippen molar-refractivity contribution in [3.8, 4) is 0 Å². The molecule has 48 valence electrons. The first-order chi connectivity index (χ1) is 4.43. The van der Waals surface area contributed by atoms with Gasteiger partial charge in [0.2, 0.25) is 0 Å². The average Bonchev–Trinajstić information content (AvgIpc) is 1.91. The van der Waals surface area contributed by atoms with E-state index in [-0.39, 0.29) is 0 Å². The third kappa shape index (κ3) is 1.72. The van der Waals surface area contributed by atoms with Crippen LogP contribution < -0.4 is 10.3 Å². The van der Waals surface area contributed by atoms with Crippen LogP contribution in [0.5, 0.6) is 0 Å². The van der Waals surface area contributed by atoms with Crippen LogP contribution in [0, 0.1) is 0 Å². The molecule has 0 aromatic carbocycles. The number of hydrogen-bond donors (Lipinski definition) is 1. The summed E-state index contributed by atoms with van der Waals surface area (Å²) >= 11 is 0. The molecule has 2 N–H and O–H groups in total. The van der Waals surface area contributed by atoms with Crippen LogP contribution in [0.15, 0.2) is 24.4 Å². The van der Waals surface area contributed by atoms with Crippen LogP contribution in [0.25, 0.3) is 0 Å². The Morgan fingerprint density at radius 2 is 2.44 bits per heavy atom. The van der Waals surface area contributed by atoms with Gasteiger partial charge in [-0.25, -0.2) is 4.98 Å². The third-order valence-corrected chi connectivity index (χ3v) is 1.08. The number of aromatic nitrogens is 1. The van der Waals surface area contributed by atoms with Crippen molar-refractivity contribution in [3.63, 3.8) is 0 Å². The lowest BCUT2D eigenvalue weighted by molar-refractivity contribution is -0.361. The normalized spacial score (nSPS) is 9.00. The van der Waals surface area contributed by atoms with Crippen LogP contribution in [0.2, 0.25) is 0 Å². The van der Waals surface area contributed by atoms with Gasteiger partial charge in [0.05, 0.1) is 12.7 Å². The zero-order chi connectivity index (χ0) is 6.53. The molecule has 0 saturated heterocycles. The Balaban J connectivity index is 2.61. The number of hydrogen-bond acceptors (Lipinski definition) is 1. The molecule has 9 heavy (non-hydrogen) atoms. The van der Waals surface area contributed by atoms with E-state index in [0.717, 1.165) is 12.4 Å². The largest absolute Gasteiger partial charge is 0.275 e. The van der Waals surface area contributed by atoms with Gasteiger partial charge >= 0.3 is 0 Å². The van der Waals surface area contributed by atoms with Gasteiger partial charge in [-0.2, -0.15) is 0 Å². The van der Waals surface area contributed by atoms with E-state index >= 15 is 0 Å². The lowest BCUT2D eigenvalue weighted by atomic mass is 10.5. The predicted octanol–water partition coefficient (Wildman–Crippen LogP) is 0.932. The summed E-state index contributed by atoms with van der Waals surface area (Å²) in [7, 11) is 0. The van der Waals surface area contributed by atoms with Gasteiger partial charge in [0.25, 0.3) is 5.82 Å². The second-order valence-corrected chi connectivity index (χ2v) is 1.81. The van der Waals surface area contributed by atoms with E-state index in [1.165, 1.54) is 0 Å². The van der Waals surface area contributed by atoms with Gasteiger partial charge in [0.15, 0.2) is 0 Å². The van der Waals surface area contributed by atoms with E-state index in [9.17, 15) is 0 Å². The van der Waals surface area contributed by atoms with Crippen molar-refractivity contribution in [3.05, 3.63) is 24.4 Å². The minimum Gasteiger partial charge on any atom is -0.275 e. The zero-order valence-electron chi connectivity index (χ0n) is 5.52. The topological polar surface area (TPSA) is 26.2 Å². The molecule has 0 atom stereocenters. The van der Waals surface area contributed by atoms with Gasteiger partial charge in [-0.15, -0.1) is 0 Å². The SMILES string of the molecule is CCNc1cccc[nH+]1. The molecule has 0 saturated carbocycles. The first-order valence-electron chi connectivity index (χ1n) is 3.14. The summed E-state index contributed by atoms with van der Waals surface area (Å²) in [6.07, 6.45) is 1.90. The van der Waals surface area contributed by atoms with Crippen LogP contribution in [-0.4, -0.2) is 6.54 Å². The Morgan fingerprint density at radius 3 is 3.00 bits per heavy atom. The molecule has 1 heterocycles. The fraction of sp³-hybridized carbons (Fsp3) is 0.286. The first-order valence-corrected chi connectivity index (χ1v) is 3.14. The Labute approximate surface area is 54.9 Å². The lowest BCUT2D eigenvalue weighted by Gasteiger charge is -1.90. The Hall–Kier alpha value is -1.05. The molecule has 0 bridgehead atoms. The van der Waals surface area contributed by atoms with Crippen molar-refractivity contribution < 1.29 is 4.98 Å². The highest BCUT2D eigenvalue weighted by molar-refractivity contribution is 5.25. The van der Waals surface area contributed by atoms with Gasteiger partial charge in [0, 0.05) is 6.07 Å². The van der Waals surface area contributed by atoms with Gasteiger partial charge in [-0.1, -0.05) is 6.07 Å². The smallest absolute Gasteiger partial charge is 0.272 e. The molecule has 0 fully saturated rings. The molecule has 1 aromatic rings. The highest BCUT2D eigenvalue weighted by atomic mass is 15.0. The lowest BCUT2D eigenvalue weighted by Crippen LogP contribution is -2.10. The maximum absolute atomic E-state index is 3.15. The van der Waals surface area contributed by atoms with Gasteiger partial charge in [-0.05, 0) is 13.0 Å². The summed E-state index contributed by atoms with van der Waals surface area (Å²) in [5.41, 5.74) is 0. The summed E-state index contributed by atoms with van der Waals surface area (Å²) in [5, 5.41) is 3.15. The maximum atomic E-state index is 3.15. The van der Waals surface area contributed by atoms with Crippen molar-refractivity contribution in [2.45, 2.75) is 6.92 Å². The number of pyridine rings is 1. The summed E-state index contributed by atoms with van der Waals surface area (Å²) in [5.74, 6) is 1.07. The summed E-state index contributed by atoms with van der Waals surface area (Å²) in [6, 6.07) is 5.96. The second-order valence-electron chi connectivity index (χ2n) is 1.81. The Kier molecular flexibility index (Phi) is 2.07. The van der Waals surface area contributed by atoms with Crippen LogP contribution in [0.3, 0.4) is 0 Å². The molecule has 1 rings (SSSR count). The van der Waals surface area contributed by atoms with Crippen molar-refractivity contribution in [1.29, 1.82) is 0 Å². The quantitative estimate of drug-likeness (QED) is 0.622. The standard InChI is InChI=1S/C7H10N2/c1-2-8-7-5-3-4-6-9-7/h3-6H,2H2,1H3,(H,8,9)/p+1. The number of anilines is 1. The minimum atomic E-state index is 0.959. The van der Waals surface area contributed by atoms with E-state index in [1.54, 1.807) is 0 Å². The van der Waals surface area contributed by atoms with Gasteiger partial charge < -0.3 is 0 Å². The molecule has 2 nitrogen and oxygen atoms in total. The van der Waals surface area contributed by atoms with E-state index in [4.69, 9.17) is 0 Å². The van der Waals surface area contributed by atoms with Crippen LogP contribution in [-0.2, 0) is 0 Å². The van der Waals surface area contributed by atoms with Gasteiger partial charge in [-0.3, -0.25) is 5.32 Å². The average molecular weight is 123 g/mol. The predicted molar refractivity (Wildman–Crippen MR) is 37.2 cm³/mol. The molecule has 1 aromatic heterocycles. The third-order valence-electron chi connectivity index (χ3n) is 1.08. The first kappa shape index (κ1) is 6.08. The molecule has 0 aliphatic rings. The molecule has 0 radical (unpaired) electrons. The number of rotatable bonds is 2. The van der Waals surface area contributed by atoms with E-state index in [2.05, 4.69) is 17.2 Å². The molecular formula is C7H11N2+. The number of H-pyrrole nitrogens is 1. The molecular weight excluding hydrogens is 112 g/mol. The fourth-order valence-electron chi connectivity index (χ4n) is 0.694. The summed E-state index contributed by atoms with van der Waals surface area (Å²) in [6.45, 7) is 3.03. The Morgan fingerprint density at radius 1 is 1.56 bits per heavy atom. The van der Waals surface area contributed by atoms with E-state index in [0.29, 0.717) is 0 Å². The van der Waals surface area contributed by atoms with E-state index in [1.807, 2.05) is 24.4 Å².